The quantitative estimate of drug-likeness (QED) is 0.824. The molecule has 2 aromatic rings. The highest BCUT2D eigenvalue weighted by Crippen LogP contribution is 2.41. The lowest BCUT2D eigenvalue weighted by Crippen LogP contribution is -2.68. The zero-order valence-electron chi connectivity index (χ0n) is 14.5. The van der Waals surface area contributed by atoms with Gasteiger partial charge in [-0.3, -0.25) is 4.90 Å². The molecule has 1 spiro atoms. The van der Waals surface area contributed by atoms with Gasteiger partial charge in [-0.2, -0.15) is 5.26 Å². The van der Waals surface area contributed by atoms with E-state index in [1.165, 1.54) is 32.4 Å². The number of furan rings is 1. The van der Waals surface area contributed by atoms with E-state index in [1.54, 1.807) is 12.3 Å². The summed E-state index contributed by atoms with van der Waals surface area (Å²) in [4.78, 5) is 7.14. The smallest absolute Gasteiger partial charge is 0.204 e. The molecule has 1 aliphatic carbocycles. The van der Waals surface area contributed by atoms with Crippen LogP contribution in [0.2, 0.25) is 0 Å². The molecule has 3 fully saturated rings. The Bertz CT molecular complexity index is 878. The van der Waals surface area contributed by atoms with Crippen molar-refractivity contribution in [1.82, 2.24) is 9.88 Å². The predicted molar refractivity (Wildman–Crippen MR) is 101 cm³/mol. The second-order valence-corrected chi connectivity index (χ2v) is 8.77. The lowest BCUT2D eigenvalue weighted by molar-refractivity contribution is -0.200. The Morgan fingerprint density at radius 2 is 2.19 bits per heavy atom. The molecule has 136 valence electrons. The Morgan fingerprint density at radius 1 is 1.35 bits per heavy atom. The molecule has 2 aliphatic heterocycles. The zero-order chi connectivity index (χ0) is 17.7. The lowest BCUT2D eigenvalue weighted by atomic mass is 9.75. The molecule has 0 aromatic carbocycles. The number of hydrogen-bond acceptors (Lipinski definition) is 6. The van der Waals surface area contributed by atoms with Crippen LogP contribution in [0.15, 0.2) is 21.2 Å². The summed E-state index contributed by atoms with van der Waals surface area (Å²) < 4.78 is 11.7. The SMILES string of the molecule is N#Cc1cc2c(Br)c(NC3CCCC(N4CC5(COC5)C4)C3)ncc2o1. The van der Waals surface area contributed by atoms with Gasteiger partial charge in [-0.05, 0) is 41.6 Å². The first-order valence-electron chi connectivity index (χ1n) is 9.22. The largest absolute Gasteiger partial charge is 0.444 e. The first kappa shape index (κ1) is 16.5. The number of anilines is 1. The molecule has 6 nitrogen and oxygen atoms in total. The Labute approximate surface area is 160 Å². The van der Waals surface area contributed by atoms with Crippen molar-refractivity contribution < 1.29 is 9.15 Å². The second kappa shape index (κ2) is 6.22. The van der Waals surface area contributed by atoms with Gasteiger partial charge in [0.2, 0.25) is 5.76 Å². The topological polar surface area (TPSA) is 74.3 Å². The first-order valence-corrected chi connectivity index (χ1v) is 10.0. The maximum atomic E-state index is 9.02. The number of ether oxygens (including phenoxy) is 1. The Morgan fingerprint density at radius 3 is 2.92 bits per heavy atom. The van der Waals surface area contributed by atoms with Crippen molar-refractivity contribution in [3.8, 4) is 6.07 Å². The van der Waals surface area contributed by atoms with Gasteiger partial charge in [0.1, 0.15) is 11.9 Å². The van der Waals surface area contributed by atoms with Crippen molar-refractivity contribution in [2.75, 3.05) is 31.6 Å². The molecular formula is C19H21BrN4O2. The Balaban J connectivity index is 1.28. The fourth-order valence-corrected chi connectivity index (χ4v) is 5.13. The van der Waals surface area contributed by atoms with Gasteiger partial charge in [0.05, 0.1) is 23.9 Å². The van der Waals surface area contributed by atoms with E-state index in [0.717, 1.165) is 35.3 Å². The zero-order valence-corrected chi connectivity index (χ0v) is 16.1. The highest BCUT2D eigenvalue weighted by Gasteiger charge is 2.51. The number of rotatable bonds is 3. The van der Waals surface area contributed by atoms with Crippen LogP contribution in [-0.2, 0) is 4.74 Å². The monoisotopic (exact) mass is 416 g/mol. The number of likely N-dealkylation sites (tertiary alicyclic amines) is 1. The van der Waals surface area contributed by atoms with Crippen LogP contribution in [0.4, 0.5) is 5.82 Å². The molecular weight excluding hydrogens is 396 g/mol. The third-order valence-corrected chi connectivity index (χ3v) is 6.83. The van der Waals surface area contributed by atoms with E-state index in [4.69, 9.17) is 14.4 Å². The van der Waals surface area contributed by atoms with Crippen LogP contribution in [0.25, 0.3) is 11.0 Å². The average Bonchev–Trinajstić information content (AvgIpc) is 3.00. The van der Waals surface area contributed by atoms with Crippen LogP contribution in [-0.4, -0.2) is 48.3 Å². The molecule has 26 heavy (non-hydrogen) atoms. The molecule has 0 amide bonds. The fraction of sp³-hybridized carbons (Fsp3) is 0.579. The Kier molecular flexibility index (Phi) is 3.96. The summed E-state index contributed by atoms with van der Waals surface area (Å²) in [5, 5.41) is 13.5. The molecule has 2 unspecified atom stereocenters. The van der Waals surface area contributed by atoms with Gasteiger partial charge in [0, 0.05) is 42.0 Å². The number of nitrogens with zero attached hydrogens (tertiary/aromatic N) is 3. The minimum Gasteiger partial charge on any atom is -0.444 e. The highest BCUT2D eigenvalue weighted by atomic mass is 79.9. The van der Waals surface area contributed by atoms with E-state index in [0.29, 0.717) is 28.8 Å². The number of nitriles is 1. The van der Waals surface area contributed by atoms with Crippen molar-refractivity contribution >= 4 is 32.7 Å². The molecule has 0 bridgehead atoms. The normalized spacial score (nSPS) is 27.7. The van der Waals surface area contributed by atoms with Crippen LogP contribution in [0, 0.1) is 16.7 Å². The van der Waals surface area contributed by atoms with Crippen molar-refractivity contribution in [3.63, 3.8) is 0 Å². The number of aromatic nitrogens is 1. The number of pyridine rings is 1. The van der Waals surface area contributed by atoms with Crippen LogP contribution in [0.5, 0.6) is 0 Å². The number of fused-ring (bicyclic) bond motifs is 1. The maximum Gasteiger partial charge on any atom is 0.204 e. The number of nitrogens with one attached hydrogen (secondary N) is 1. The van der Waals surface area contributed by atoms with Crippen LogP contribution in [0.1, 0.15) is 31.4 Å². The lowest BCUT2D eigenvalue weighted by Gasteiger charge is -2.58. The highest BCUT2D eigenvalue weighted by molar-refractivity contribution is 9.10. The van der Waals surface area contributed by atoms with Gasteiger partial charge in [-0.25, -0.2) is 4.98 Å². The van der Waals surface area contributed by atoms with Gasteiger partial charge in [0.25, 0.3) is 0 Å². The number of halogens is 1. The molecule has 7 heteroatoms. The van der Waals surface area contributed by atoms with E-state index in [1.807, 2.05) is 6.07 Å². The minimum atomic E-state index is 0.309. The van der Waals surface area contributed by atoms with Crippen LogP contribution in [0.3, 0.4) is 0 Å². The first-order chi connectivity index (χ1) is 12.7. The number of hydrogen-bond donors (Lipinski definition) is 1. The molecule has 1 saturated carbocycles. The van der Waals surface area contributed by atoms with Crippen LogP contribution >= 0.6 is 15.9 Å². The minimum absolute atomic E-state index is 0.309. The summed E-state index contributed by atoms with van der Waals surface area (Å²) in [5.74, 6) is 1.14. The Hall–Kier alpha value is -1.62. The summed E-state index contributed by atoms with van der Waals surface area (Å²) in [6.07, 6.45) is 6.54. The molecule has 0 radical (unpaired) electrons. The van der Waals surface area contributed by atoms with Crippen LogP contribution < -0.4 is 5.32 Å². The van der Waals surface area contributed by atoms with E-state index in [9.17, 15) is 0 Å². The molecule has 1 N–H and O–H groups in total. The summed E-state index contributed by atoms with van der Waals surface area (Å²) in [5.41, 5.74) is 1.12. The predicted octanol–water partition coefficient (Wildman–Crippen LogP) is 3.52. The molecule has 3 aliphatic rings. The van der Waals surface area contributed by atoms with Crippen molar-refractivity contribution in [2.45, 2.75) is 37.8 Å². The average molecular weight is 417 g/mol. The van der Waals surface area contributed by atoms with Gasteiger partial charge in [0.15, 0.2) is 5.58 Å². The summed E-state index contributed by atoms with van der Waals surface area (Å²) >= 11 is 3.63. The molecule has 2 aromatic heterocycles. The summed E-state index contributed by atoms with van der Waals surface area (Å²) in [6, 6.07) is 4.89. The van der Waals surface area contributed by atoms with Gasteiger partial charge >= 0.3 is 0 Å². The third-order valence-electron chi connectivity index (χ3n) is 6.02. The van der Waals surface area contributed by atoms with Crippen molar-refractivity contribution in [1.29, 1.82) is 5.26 Å². The maximum absolute atomic E-state index is 9.02. The molecule has 2 atom stereocenters. The van der Waals surface area contributed by atoms with E-state index in [2.05, 4.69) is 31.1 Å². The summed E-state index contributed by atoms with van der Waals surface area (Å²) in [6.45, 7) is 4.29. The van der Waals surface area contributed by atoms with E-state index in [-0.39, 0.29) is 0 Å². The van der Waals surface area contributed by atoms with Gasteiger partial charge < -0.3 is 14.5 Å². The van der Waals surface area contributed by atoms with E-state index >= 15 is 0 Å². The van der Waals surface area contributed by atoms with Gasteiger partial charge in [-0.1, -0.05) is 0 Å². The van der Waals surface area contributed by atoms with Crippen molar-refractivity contribution in [3.05, 3.63) is 22.5 Å². The standard InChI is InChI=1S/C19H21BrN4O2/c20-17-15-5-14(6-21)26-16(15)7-22-18(17)23-12-2-1-3-13(4-12)24-8-19(9-24)10-25-11-19/h5,7,12-13H,1-4,8-11H2,(H,22,23). The molecule has 4 heterocycles. The molecule has 2 saturated heterocycles. The summed E-state index contributed by atoms with van der Waals surface area (Å²) in [7, 11) is 0. The van der Waals surface area contributed by atoms with E-state index < -0.39 is 0 Å². The second-order valence-electron chi connectivity index (χ2n) is 7.98. The third kappa shape index (κ3) is 2.72. The molecule has 5 rings (SSSR count). The van der Waals surface area contributed by atoms with Gasteiger partial charge in [-0.15, -0.1) is 0 Å². The fourth-order valence-electron chi connectivity index (χ4n) is 4.60. The van der Waals surface area contributed by atoms with Crippen molar-refractivity contribution in [2.24, 2.45) is 5.41 Å².